The second-order valence-electron chi connectivity index (χ2n) is 8.76. The minimum absolute atomic E-state index is 0.233. The Labute approximate surface area is 149 Å². The van der Waals surface area contributed by atoms with E-state index in [0.717, 1.165) is 25.0 Å². The fourth-order valence-corrected chi connectivity index (χ4v) is 4.25. The highest BCUT2D eigenvalue weighted by Gasteiger charge is 2.39. The third-order valence-corrected chi connectivity index (χ3v) is 10.5. The molecule has 0 aliphatic heterocycles. The molecule has 0 bridgehead atoms. The van der Waals surface area contributed by atoms with Crippen molar-refractivity contribution in [3.8, 4) is 0 Å². The summed E-state index contributed by atoms with van der Waals surface area (Å²) in [5.41, 5.74) is 1.14. The van der Waals surface area contributed by atoms with Crippen LogP contribution in [0.15, 0.2) is 11.3 Å². The van der Waals surface area contributed by atoms with E-state index in [4.69, 9.17) is 13.9 Å². The average Bonchev–Trinajstić information content (AvgIpc) is 2.74. The molecule has 4 nitrogen and oxygen atoms in total. The van der Waals surface area contributed by atoms with Crippen molar-refractivity contribution in [1.29, 1.82) is 0 Å². The van der Waals surface area contributed by atoms with E-state index in [1.54, 1.807) is 7.11 Å². The molecule has 0 aromatic rings. The van der Waals surface area contributed by atoms with Gasteiger partial charge in [-0.05, 0) is 54.8 Å². The molecule has 1 aliphatic rings. The van der Waals surface area contributed by atoms with Crippen LogP contribution in [-0.4, -0.2) is 40.5 Å². The minimum Gasteiger partial charge on any atom is -0.512 e. The minimum atomic E-state index is -1.71. The molecule has 1 rings (SSSR count). The lowest BCUT2D eigenvalue weighted by molar-refractivity contribution is -0.0500. The largest absolute Gasteiger partial charge is 0.512 e. The van der Waals surface area contributed by atoms with Crippen LogP contribution >= 0.6 is 0 Å². The number of hydrogen-bond acceptors (Lipinski definition) is 4. The molecule has 0 spiro atoms. The monoisotopic (exact) mass is 358 g/mol. The highest BCUT2D eigenvalue weighted by atomic mass is 28.4. The Morgan fingerprint density at radius 3 is 2.46 bits per heavy atom. The lowest BCUT2D eigenvalue weighted by Gasteiger charge is -2.37. The van der Waals surface area contributed by atoms with Gasteiger partial charge < -0.3 is 19.0 Å². The van der Waals surface area contributed by atoms with E-state index in [1.807, 2.05) is 0 Å². The summed E-state index contributed by atoms with van der Waals surface area (Å²) in [6.07, 6.45) is 1.73. The molecule has 0 aromatic heterocycles. The van der Waals surface area contributed by atoms with Crippen LogP contribution in [0.2, 0.25) is 18.1 Å². The highest BCUT2D eigenvalue weighted by molar-refractivity contribution is 6.74. The third kappa shape index (κ3) is 5.58. The zero-order valence-corrected chi connectivity index (χ0v) is 17.9. The molecule has 5 heteroatoms. The molecule has 0 unspecified atom stereocenters. The van der Waals surface area contributed by atoms with E-state index in [9.17, 15) is 5.11 Å². The maximum absolute atomic E-state index is 10.2. The first-order valence-corrected chi connectivity index (χ1v) is 12.0. The van der Waals surface area contributed by atoms with Crippen molar-refractivity contribution in [2.24, 2.45) is 17.8 Å². The molecule has 0 saturated carbocycles. The van der Waals surface area contributed by atoms with Crippen LogP contribution in [0.5, 0.6) is 0 Å². The fourth-order valence-electron chi connectivity index (χ4n) is 3.19. The quantitative estimate of drug-likeness (QED) is 0.353. The zero-order chi connectivity index (χ0) is 18.5. The SMILES string of the molecule is COCOC[C@@H](C)[C@@H]1CC(O)=C(C)[C@@H]1CCO[Si](C)(C)C(C)(C)C. The van der Waals surface area contributed by atoms with Gasteiger partial charge in [0.25, 0.3) is 0 Å². The number of allylic oxidation sites excluding steroid dienone is 2. The van der Waals surface area contributed by atoms with Crippen LogP contribution in [0, 0.1) is 17.8 Å². The van der Waals surface area contributed by atoms with Crippen molar-refractivity contribution >= 4 is 8.32 Å². The van der Waals surface area contributed by atoms with Gasteiger partial charge in [-0.15, -0.1) is 0 Å². The van der Waals surface area contributed by atoms with Gasteiger partial charge in [-0.25, -0.2) is 0 Å². The molecule has 0 heterocycles. The number of ether oxygens (including phenoxy) is 2. The van der Waals surface area contributed by atoms with Crippen LogP contribution < -0.4 is 0 Å². The molecular formula is C19H38O4Si. The molecule has 1 aliphatic carbocycles. The predicted molar refractivity (Wildman–Crippen MR) is 102 cm³/mol. The van der Waals surface area contributed by atoms with Crippen LogP contribution in [0.3, 0.4) is 0 Å². The van der Waals surface area contributed by atoms with Gasteiger partial charge in [-0.1, -0.05) is 27.7 Å². The second kappa shape index (κ2) is 8.83. The lowest BCUT2D eigenvalue weighted by Crippen LogP contribution is -2.41. The summed E-state index contributed by atoms with van der Waals surface area (Å²) in [4.78, 5) is 0. The summed E-state index contributed by atoms with van der Waals surface area (Å²) in [7, 11) is -0.0731. The van der Waals surface area contributed by atoms with Crippen molar-refractivity contribution in [2.45, 2.75) is 65.6 Å². The first-order chi connectivity index (χ1) is 11.0. The number of aliphatic hydroxyl groups excluding tert-OH is 1. The molecule has 0 saturated heterocycles. The van der Waals surface area contributed by atoms with Gasteiger partial charge in [0.15, 0.2) is 8.32 Å². The molecule has 0 aromatic carbocycles. The topological polar surface area (TPSA) is 47.9 Å². The summed E-state index contributed by atoms with van der Waals surface area (Å²) in [6, 6.07) is 0. The van der Waals surface area contributed by atoms with Gasteiger partial charge in [0.1, 0.15) is 6.79 Å². The van der Waals surface area contributed by atoms with Crippen molar-refractivity contribution in [1.82, 2.24) is 0 Å². The Bertz CT molecular complexity index is 426. The molecule has 0 fully saturated rings. The van der Waals surface area contributed by atoms with Crippen LogP contribution in [-0.2, 0) is 13.9 Å². The van der Waals surface area contributed by atoms with Crippen molar-refractivity contribution in [3.63, 3.8) is 0 Å². The van der Waals surface area contributed by atoms with E-state index < -0.39 is 8.32 Å². The van der Waals surface area contributed by atoms with Gasteiger partial charge in [-0.2, -0.15) is 0 Å². The smallest absolute Gasteiger partial charge is 0.191 e. The standard InChI is InChI=1S/C19H38O4Si/c1-14(12-22-13-21-6)17-11-18(20)15(2)16(17)9-10-23-24(7,8)19(3,4)5/h14,16-17,20H,9-13H2,1-8H3/t14-,16+,17+/m1/s1. The number of aliphatic hydroxyl groups is 1. The van der Waals surface area contributed by atoms with Crippen molar-refractivity contribution < 1.29 is 19.0 Å². The Hall–Kier alpha value is -0.363. The van der Waals surface area contributed by atoms with E-state index in [-0.39, 0.29) is 5.04 Å². The first kappa shape index (κ1) is 21.7. The Morgan fingerprint density at radius 1 is 1.29 bits per heavy atom. The van der Waals surface area contributed by atoms with E-state index in [0.29, 0.717) is 36.9 Å². The van der Waals surface area contributed by atoms with Crippen LogP contribution in [0.4, 0.5) is 0 Å². The van der Waals surface area contributed by atoms with Gasteiger partial charge >= 0.3 is 0 Å². The van der Waals surface area contributed by atoms with Crippen molar-refractivity contribution in [3.05, 3.63) is 11.3 Å². The molecule has 142 valence electrons. The summed E-state index contributed by atoms with van der Waals surface area (Å²) in [5, 5.41) is 10.5. The van der Waals surface area contributed by atoms with Crippen molar-refractivity contribution in [2.75, 3.05) is 27.1 Å². The zero-order valence-electron chi connectivity index (χ0n) is 16.9. The average molecular weight is 359 g/mol. The summed E-state index contributed by atoms with van der Waals surface area (Å²) in [5.74, 6) is 1.76. The summed E-state index contributed by atoms with van der Waals surface area (Å²) < 4.78 is 16.8. The van der Waals surface area contributed by atoms with Gasteiger partial charge in [0.2, 0.25) is 0 Å². The van der Waals surface area contributed by atoms with Gasteiger partial charge in [-0.3, -0.25) is 0 Å². The highest BCUT2D eigenvalue weighted by Crippen LogP contribution is 2.43. The molecule has 24 heavy (non-hydrogen) atoms. The van der Waals surface area contributed by atoms with Crippen LogP contribution in [0.1, 0.15) is 47.5 Å². The Morgan fingerprint density at radius 2 is 1.92 bits per heavy atom. The molecule has 0 amide bonds. The molecular weight excluding hydrogens is 320 g/mol. The number of hydrogen-bond donors (Lipinski definition) is 1. The number of rotatable bonds is 9. The Kier molecular flexibility index (Phi) is 7.98. The fraction of sp³-hybridized carbons (Fsp3) is 0.895. The van der Waals surface area contributed by atoms with E-state index in [1.165, 1.54) is 0 Å². The maximum atomic E-state index is 10.2. The summed E-state index contributed by atoms with van der Waals surface area (Å²) >= 11 is 0. The molecule has 3 atom stereocenters. The first-order valence-electron chi connectivity index (χ1n) is 9.10. The lowest BCUT2D eigenvalue weighted by atomic mass is 9.81. The maximum Gasteiger partial charge on any atom is 0.191 e. The molecule has 0 radical (unpaired) electrons. The Balaban J connectivity index is 2.61. The third-order valence-electron chi connectivity index (χ3n) is 5.97. The van der Waals surface area contributed by atoms with Crippen LogP contribution in [0.25, 0.3) is 0 Å². The van der Waals surface area contributed by atoms with E-state index in [2.05, 4.69) is 47.7 Å². The van der Waals surface area contributed by atoms with Gasteiger partial charge in [0.05, 0.1) is 12.4 Å². The summed E-state index contributed by atoms with van der Waals surface area (Å²) in [6.45, 7) is 17.4. The normalized spacial score (nSPS) is 23.8. The number of methoxy groups -OCH3 is 1. The predicted octanol–water partition coefficient (Wildman–Crippen LogP) is 5.12. The molecule has 1 N–H and O–H groups in total. The van der Waals surface area contributed by atoms with Gasteiger partial charge in [0, 0.05) is 20.1 Å². The van der Waals surface area contributed by atoms with E-state index >= 15 is 0 Å². The second-order valence-corrected chi connectivity index (χ2v) is 13.6.